The molecule has 0 saturated carbocycles. The lowest BCUT2D eigenvalue weighted by Crippen LogP contribution is -2.49. The Morgan fingerprint density at radius 1 is 1.14 bits per heavy atom. The largest absolute Gasteiger partial charge is 0.353 e. The van der Waals surface area contributed by atoms with Crippen molar-refractivity contribution in [2.24, 2.45) is 7.05 Å². The van der Waals surface area contributed by atoms with Gasteiger partial charge in [-0.15, -0.1) is 0 Å². The molecular weight excluding hydrogens is 323 g/mol. The summed E-state index contributed by atoms with van der Waals surface area (Å²) in [6.07, 6.45) is 3.38. The Morgan fingerprint density at radius 3 is 2.41 bits per heavy atom. The summed E-state index contributed by atoms with van der Waals surface area (Å²) in [4.78, 5) is 20.8. The van der Waals surface area contributed by atoms with Crippen molar-refractivity contribution in [3.8, 4) is 0 Å². The van der Waals surface area contributed by atoms with Crippen LogP contribution < -0.4 is 4.90 Å². The van der Waals surface area contributed by atoms with Crippen molar-refractivity contribution >= 4 is 34.9 Å². The Balaban J connectivity index is 1.65. The summed E-state index contributed by atoms with van der Waals surface area (Å²) in [6.45, 7) is 2.81. The van der Waals surface area contributed by atoms with Gasteiger partial charge in [0.25, 0.3) is 5.91 Å². The van der Waals surface area contributed by atoms with Crippen molar-refractivity contribution in [1.29, 1.82) is 0 Å². The molecule has 116 valence electrons. The molecule has 0 aromatic carbocycles. The number of carbonyl (C=O) groups excluding carboxylic acids is 1. The van der Waals surface area contributed by atoms with Gasteiger partial charge in [0.15, 0.2) is 0 Å². The number of halogens is 2. The second-order valence-electron chi connectivity index (χ2n) is 5.27. The van der Waals surface area contributed by atoms with Crippen molar-refractivity contribution in [1.82, 2.24) is 14.5 Å². The maximum atomic E-state index is 12.5. The second kappa shape index (κ2) is 6.18. The maximum Gasteiger partial charge on any atom is 0.270 e. The molecule has 0 aliphatic carbocycles. The maximum absolute atomic E-state index is 12.5. The summed E-state index contributed by atoms with van der Waals surface area (Å²) in [5.41, 5.74) is 0.614. The number of rotatable bonds is 2. The Kier molecular flexibility index (Phi) is 4.27. The van der Waals surface area contributed by atoms with Crippen LogP contribution in [0.1, 0.15) is 10.5 Å². The van der Waals surface area contributed by atoms with E-state index in [0.29, 0.717) is 28.8 Å². The fraction of sp³-hybridized carbons (Fsp3) is 0.333. The molecule has 22 heavy (non-hydrogen) atoms. The fourth-order valence-corrected chi connectivity index (χ4v) is 2.95. The van der Waals surface area contributed by atoms with Gasteiger partial charge < -0.3 is 14.4 Å². The topological polar surface area (TPSA) is 41.4 Å². The lowest BCUT2D eigenvalue weighted by Gasteiger charge is -2.35. The first-order chi connectivity index (χ1) is 10.5. The highest BCUT2D eigenvalue weighted by Gasteiger charge is 2.24. The summed E-state index contributed by atoms with van der Waals surface area (Å²) in [5, 5.41) is 1.20. The first kappa shape index (κ1) is 15.2. The predicted octanol–water partition coefficient (Wildman–Crippen LogP) is 2.69. The summed E-state index contributed by atoms with van der Waals surface area (Å²) < 4.78 is 1.76. The first-order valence-corrected chi connectivity index (χ1v) is 7.78. The minimum Gasteiger partial charge on any atom is -0.353 e. The third-order valence-electron chi connectivity index (χ3n) is 3.79. The molecule has 0 unspecified atom stereocenters. The minimum absolute atomic E-state index is 0.0121. The smallest absolute Gasteiger partial charge is 0.270 e. The van der Waals surface area contributed by atoms with Crippen molar-refractivity contribution in [2.75, 3.05) is 31.1 Å². The molecule has 5 nitrogen and oxygen atoms in total. The van der Waals surface area contributed by atoms with Gasteiger partial charge in [-0.25, -0.2) is 4.98 Å². The van der Waals surface area contributed by atoms with Crippen LogP contribution in [0.25, 0.3) is 0 Å². The van der Waals surface area contributed by atoms with Crippen LogP contribution in [0.4, 0.5) is 5.82 Å². The van der Waals surface area contributed by atoms with Crippen LogP contribution in [0, 0.1) is 0 Å². The lowest BCUT2D eigenvalue weighted by molar-refractivity contribution is 0.0737. The number of aryl methyl sites for hydroxylation is 1. The van der Waals surface area contributed by atoms with E-state index in [1.807, 2.05) is 24.1 Å². The van der Waals surface area contributed by atoms with E-state index in [-0.39, 0.29) is 5.91 Å². The van der Waals surface area contributed by atoms with Gasteiger partial charge in [-0.3, -0.25) is 4.79 Å². The molecule has 1 amide bonds. The van der Waals surface area contributed by atoms with Gasteiger partial charge in [-0.1, -0.05) is 23.2 Å². The third kappa shape index (κ3) is 3.05. The molecule has 0 radical (unpaired) electrons. The van der Waals surface area contributed by atoms with E-state index < -0.39 is 0 Å². The van der Waals surface area contributed by atoms with E-state index in [1.54, 1.807) is 23.0 Å². The number of amides is 1. The highest BCUT2D eigenvalue weighted by atomic mass is 35.5. The molecule has 3 rings (SSSR count). The second-order valence-corrected chi connectivity index (χ2v) is 6.14. The zero-order valence-electron chi connectivity index (χ0n) is 12.2. The Bertz CT molecular complexity index is 675. The monoisotopic (exact) mass is 338 g/mol. The van der Waals surface area contributed by atoms with Crippen molar-refractivity contribution < 1.29 is 4.79 Å². The molecule has 0 atom stereocenters. The number of hydrogen-bond donors (Lipinski definition) is 0. The number of aromatic nitrogens is 2. The number of carbonyl (C=O) groups is 1. The molecule has 1 saturated heterocycles. The van der Waals surface area contributed by atoms with E-state index in [1.165, 1.54) is 0 Å². The van der Waals surface area contributed by atoms with Gasteiger partial charge in [0.2, 0.25) is 0 Å². The highest BCUT2D eigenvalue weighted by Crippen LogP contribution is 2.19. The Labute approximate surface area is 139 Å². The van der Waals surface area contributed by atoms with Gasteiger partial charge in [-0.2, -0.15) is 0 Å². The summed E-state index contributed by atoms with van der Waals surface area (Å²) in [6, 6.07) is 5.43. The number of piperazine rings is 1. The highest BCUT2D eigenvalue weighted by molar-refractivity contribution is 6.31. The molecule has 2 aromatic heterocycles. The first-order valence-electron chi connectivity index (χ1n) is 7.02. The Hall–Kier alpha value is -1.72. The molecule has 3 heterocycles. The molecular formula is C15H16Cl2N4O. The van der Waals surface area contributed by atoms with E-state index in [4.69, 9.17) is 23.2 Å². The third-order valence-corrected chi connectivity index (χ3v) is 4.22. The number of anilines is 1. The average Bonchev–Trinajstić information content (AvgIpc) is 2.86. The standard InChI is InChI=1S/C15H16Cl2N4O/c1-19-10-12(17)8-13(19)15(22)21-6-4-20(5-7-21)14-3-2-11(16)9-18-14/h2-3,8-10H,4-7H2,1H3. The van der Waals surface area contributed by atoms with Crippen molar-refractivity contribution in [3.63, 3.8) is 0 Å². The van der Waals surface area contributed by atoms with Crippen molar-refractivity contribution in [3.05, 3.63) is 46.3 Å². The van der Waals surface area contributed by atoms with E-state index in [0.717, 1.165) is 18.9 Å². The zero-order chi connectivity index (χ0) is 15.7. The number of pyridine rings is 1. The van der Waals surface area contributed by atoms with Crippen LogP contribution in [0.5, 0.6) is 0 Å². The zero-order valence-corrected chi connectivity index (χ0v) is 13.7. The normalized spacial score (nSPS) is 15.2. The van der Waals surface area contributed by atoms with Gasteiger partial charge in [0.05, 0.1) is 10.0 Å². The van der Waals surface area contributed by atoms with Crippen LogP contribution >= 0.6 is 23.2 Å². The summed E-state index contributed by atoms with van der Waals surface area (Å²) >= 11 is 11.8. The quantitative estimate of drug-likeness (QED) is 0.845. The Morgan fingerprint density at radius 2 is 1.86 bits per heavy atom. The molecule has 0 bridgehead atoms. The van der Waals surface area contributed by atoms with Crippen molar-refractivity contribution in [2.45, 2.75) is 0 Å². The average molecular weight is 339 g/mol. The SMILES string of the molecule is Cn1cc(Cl)cc1C(=O)N1CCN(c2ccc(Cl)cn2)CC1. The van der Waals surface area contributed by atoms with Crippen LogP contribution in [-0.4, -0.2) is 46.5 Å². The number of hydrogen-bond acceptors (Lipinski definition) is 3. The van der Waals surface area contributed by atoms with E-state index in [9.17, 15) is 4.79 Å². The van der Waals surface area contributed by atoms with Crippen LogP contribution in [0.3, 0.4) is 0 Å². The van der Waals surface area contributed by atoms with E-state index in [2.05, 4.69) is 9.88 Å². The molecule has 2 aromatic rings. The van der Waals surface area contributed by atoms with Crippen LogP contribution in [0.2, 0.25) is 10.0 Å². The summed E-state index contributed by atoms with van der Waals surface area (Å²) in [5.74, 6) is 0.900. The minimum atomic E-state index is 0.0121. The number of nitrogens with zero attached hydrogens (tertiary/aromatic N) is 4. The molecule has 0 spiro atoms. The van der Waals surface area contributed by atoms with Gasteiger partial charge >= 0.3 is 0 Å². The lowest BCUT2D eigenvalue weighted by atomic mass is 10.2. The fourth-order valence-electron chi connectivity index (χ4n) is 2.59. The summed E-state index contributed by atoms with van der Waals surface area (Å²) in [7, 11) is 1.83. The molecule has 1 fully saturated rings. The molecule has 1 aliphatic rings. The molecule has 1 aliphatic heterocycles. The van der Waals surface area contributed by atoms with Gasteiger partial charge in [0, 0.05) is 45.6 Å². The molecule has 0 N–H and O–H groups in total. The predicted molar refractivity (Wildman–Crippen MR) is 87.8 cm³/mol. The molecule has 7 heteroatoms. The van der Waals surface area contributed by atoms with Gasteiger partial charge in [0.1, 0.15) is 11.5 Å². The van der Waals surface area contributed by atoms with Gasteiger partial charge in [-0.05, 0) is 18.2 Å². The van der Waals surface area contributed by atoms with Crippen LogP contribution in [-0.2, 0) is 7.05 Å². The van der Waals surface area contributed by atoms with E-state index >= 15 is 0 Å². The van der Waals surface area contributed by atoms with Crippen LogP contribution in [0.15, 0.2) is 30.6 Å².